The number of benzene rings is 2. The molecule has 2 aliphatic heterocycles. The molecule has 4 aromatic rings. The molecule has 2 aliphatic rings. The number of azo groups is 1. The second-order valence-electron chi connectivity index (χ2n) is 17.5. The van der Waals surface area contributed by atoms with Crippen LogP contribution in [0.1, 0.15) is 28.8 Å². The highest BCUT2D eigenvalue weighted by molar-refractivity contribution is 7.99. The molecule has 79 heavy (non-hydrogen) atoms. The van der Waals surface area contributed by atoms with Crippen LogP contribution < -0.4 is 56.2 Å². The Bertz CT molecular complexity index is 2710. The highest BCUT2D eigenvalue weighted by Crippen LogP contribution is 2.31. The zero-order valence-electron chi connectivity index (χ0n) is 44.4. The molecule has 2 fully saturated rings. The number of pyridine rings is 2. The average Bonchev–Trinajstić information content (AvgIpc) is 3.48. The number of morpholine rings is 2. The lowest BCUT2D eigenvalue weighted by molar-refractivity contribution is -0.726. The molecule has 0 unspecified atom stereocenters. The van der Waals surface area contributed by atoms with Crippen LogP contribution in [-0.2, 0) is 51.6 Å². The molecule has 2 aromatic heterocycles. The van der Waals surface area contributed by atoms with Crippen molar-refractivity contribution in [3.05, 3.63) is 102 Å². The number of carbonyl (C=O) groups is 5. The minimum atomic E-state index is -1.03. The lowest BCUT2D eigenvalue weighted by Crippen LogP contribution is -2.43. The Labute approximate surface area is 462 Å². The zero-order valence-corrected chi connectivity index (χ0v) is 45.2. The van der Waals surface area contributed by atoms with Crippen molar-refractivity contribution in [3.8, 4) is 11.5 Å². The molecular weight excluding hydrogens is 1040 g/mol. The van der Waals surface area contributed by atoms with E-state index in [0.29, 0.717) is 93.2 Å². The summed E-state index contributed by atoms with van der Waals surface area (Å²) in [6.07, 6.45) is 11.1. The molecule has 0 atom stereocenters. The molecule has 2 aromatic carbocycles. The van der Waals surface area contributed by atoms with Gasteiger partial charge in [-0.2, -0.15) is 20.9 Å². The fourth-order valence-corrected chi connectivity index (χ4v) is 8.27. The van der Waals surface area contributed by atoms with Gasteiger partial charge in [-0.3, -0.25) is 49.5 Å². The molecule has 4 heterocycles. The molecule has 8 N–H and O–H groups in total. The number of carbonyl (C=O) groups excluding carboxylic acids is 5. The van der Waals surface area contributed by atoms with E-state index in [1.165, 1.54) is 32.9 Å². The summed E-state index contributed by atoms with van der Waals surface area (Å²) in [5.74, 6) is -1.80. The summed E-state index contributed by atoms with van der Waals surface area (Å²) < 4.78 is 30.5. The third kappa shape index (κ3) is 22.2. The molecule has 0 aliphatic carbocycles. The molecule has 0 bridgehead atoms. The fourth-order valence-electron chi connectivity index (χ4n) is 7.59. The van der Waals surface area contributed by atoms with Crippen molar-refractivity contribution >= 4 is 76.6 Å². The van der Waals surface area contributed by atoms with Crippen molar-refractivity contribution in [2.75, 3.05) is 128 Å². The van der Waals surface area contributed by atoms with Gasteiger partial charge in [0.05, 0.1) is 58.6 Å². The number of hydrazine groups is 1. The van der Waals surface area contributed by atoms with Crippen molar-refractivity contribution in [2.24, 2.45) is 15.2 Å². The SMILES string of the molecule is COc1cc(N/C(O)=C\[n+]2cccc(CONCCSCCNC(=O)c3ccc[n+](COC=Nc4ccc(NNC(=O)C(=O)NCCCN5CCOCC5)c(OC)c4)c3)c2)ccc1N=NC(=O)C(=O)NCCCN1CCOCC1. The monoisotopic (exact) mass is 1110 g/mol. The van der Waals surface area contributed by atoms with Crippen LogP contribution in [0.15, 0.2) is 107 Å². The van der Waals surface area contributed by atoms with E-state index in [-0.39, 0.29) is 36.6 Å². The van der Waals surface area contributed by atoms with Crippen LogP contribution in [0.2, 0.25) is 0 Å². The summed E-state index contributed by atoms with van der Waals surface area (Å²) in [6.45, 7) is 9.89. The first-order valence-electron chi connectivity index (χ1n) is 25.6. The van der Waals surface area contributed by atoms with Crippen molar-refractivity contribution < 1.29 is 66.7 Å². The van der Waals surface area contributed by atoms with Gasteiger partial charge in [-0.1, -0.05) is 0 Å². The van der Waals surface area contributed by atoms with Gasteiger partial charge >= 0.3 is 23.6 Å². The normalized spacial score (nSPS) is 14.1. The van der Waals surface area contributed by atoms with Crippen LogP contribution in [0.4, 0.5) is 22.7 Å². The number of aliphatic hydroxyl groups is 1. The number of hydroxylamine groups is 1. The molecule has 27 heteroatoms. The number of rotatable bonds is 30. The molecule has 6 rings (SSSR count). The maximum Gasteiger partial charge on any atom is 0.353 e. The Hall–Kier alpha value is -7.79. The molecule has 0 spiro atoms. The van der Waals surface area contributed by atoms with E-state index in [0.717, 1.165) is 57.0 Å². The van der Waals surface area contributed by atoms with Crippen molar-refractivity contribution in [1.29, 1.82) is 0 Å². The van der Waals surface area contributed by atoms with E-state index >= 15 is 0 Å². The third-order valence-electron chi connectivity index (χ3n) is 11.7. The predicted octanol–water partition coefficient (Wildman–Crippen LogP) is 1.95. The minimum absolute atomic E-state index is 0.0910. The highest BCUT2D eigenvalue weighted by Gasteiger charge is 2.18. The lowest BCUT2D eigenvalue weighted by atomic mass is 10.2. The van der Waals surface area contributed by atoms with E-state index in [1.54, 1.807) is 88.1 Å². The summed E-state index contributed by atoms with van der Waals surface area (Å²) in [6, 6.07) is 16.8. The predicted molar refractivity (Wildman–Crippen MR) is 293 cm³/mol. The molecule has 424 valence electrons. The van der Waals surface area contributed by atoms with Crippen LogP contribution in [0.3, 0.4) is 0 Å². The van der Waals surface area contributed by atoms with Crippen molar-refractivity contribution in [2.45, 2.75) is 26.2 Å². The van der Waals surface area contributed by atoms with Gasteiger partial charge in [0.1, 0.15) is 22.7 Å². The number of nitrogens with one attached hydrogen (secondary N) is 7. The van der Waals surface area contributed by atoms with Crippen LogP contribution in [0.5, 0.6) is 11.5 Å². The van der Waals surface area contributed by atoms with Gasteiger partial charge in [0, 0.05) is 99.4 Å². The third-order valence-corrected chi connectivity index (χ3v) is 12.7. The number of anilines is 2. The van der Waals surface area contributed by atoms with Crippen LogP contribution >= 0.6 is 11.8 Å². The largest absolute Gasteiger partial charge is 0.494 e. The number of thioether (sulfide) groups is 1. The number of amides is 5. The molecule has 5 amide bonds. The number of hydrogen-bond donors (Lipinski definition) is 8. The van der Waals surface area contributed by atoms with Gasteiger partial charge in [0.15, 0.2) is 31.2 Å². The highest BCUT2D eigenvalue weighted by atomic mass is 32.2. The standard InChI is InChI=1S/C52H68N14O12S/c1-73-45-31-41(9-11-43(45)59-61-51(71)49(69)53-13-5-19-63-21-25-75-26-22-63)56-37-77-38-66-18-4-8-40(34-66)48(68)55-15-29-79-30-16-57-78-36-39-7-3-17-65(33-39)35-47(67)58-42-10-12-44(46(32-42)74-2)60-62-52(72)50(70)54-14-6-20-64-23-27-76-28-24-64/h3-4,7-12,17-18,31-35,37,57H,5-6,13-16,19-30,36,38H2,1-2H3,(H5-2,53,54,55,58,59,60,61,62,67,68,69,70,71,72)/p+2/b47-35+,56-37?. The topological polar surface area (TPSA) is 296 Å². The lowest BCUT2D eigenvalue weighted by Gasteiger charge is -2.26. The number of nitrogens with zero attached hydrogens (tertiary/aromatic N) is 7. The summed E-state index contributed by atoms with van der Waals surface area (Å²) in [5.41, 5.74) is 11.0. The van der Waals surface area contributed by atoms with Gasteiger partial charge < -0.3 is 50.1 Å². The number of aromatic nitrogens is 2. The number of aliphatic hydroxyl groups excluding tert-OH is 1. The zero-order chi connectivity index (χ0) is 55.9. The molecule has 2 saturated heterocycles. The van der Waals surface area contributed by atoms with E-state index in [4.69, 9.17) is 28.5 Å². The van der Waals surface area contributed by atoms with E-state index < -0.39 is 23.6 Å². The minimum Gasteiger partial charge on any atom is -0.494 e. The van der Waals surface area contributed by atoms with Crippen LogP contribution in [-0.4, -0.2) is 168 Å². The number of methoxy groups -OCH3 is 2. The first-order chi connectivity index (χ1) is 38.6. The summed E-state index contributed by atoms with van der Waals surface area (Å²) >= 11 is 1.65. The second kappa shape index (κ2) is 34.2. The fraction of sp³-hybridized carbons (Fsp3) is 0.423. The Morgan fingerprint density at radius 2 is 1.48 bits per heavy atom. The molecule has 0 saturated carbocycles. The molecule has 0 radical (unpaired) electrons. The average molecular weight is 1120 g/mol. The summed E-state index contributed by atoms with van der Waals surface area (Å²) in [5, 5.41) is 29.2. The van der Waals surface area contributed by atoms with Crippen molar-refractivity contribution in [3.63, 3.8) is 0 Å². The van der Waals surface area contributed by atoms with Gasteiger partial charge in [-0.05, 0) is 62.3 Å². The van der Waals surface area contributed by atoms with Crippen molar-refractivity contribution in [1.82, 2.24) is 36.7 Å². The van der Waals surface area contributed by atoms with Gasteiger partial charge in [-0.25, -0.2) is 10.5 Å². The van der Waals surface area contributed by atoms with Gasteiger partial charge in [-0.15, -0.1) is 10.2 Å². The molecular formula is C52H70N14O12S+2. The quantitative estimate of drug-likeness (QED) is 0.00541. The summed E-state index contributed by atoms with van der Waals surface area (Å²) in [4.78, 5) is 76.4. The van der Waals surface area contributed by atoms with Gasteiger partial charge in [0.25, 0.3) is 18.5 Å². The first-order valence-corrected chi connectivity index (χ1v) is 26.8. The smallest absolute Gasteiger partial charge is 0.353 e. The Morgan fingerprint density at radius 3 is 2.22 bits per heavy atom. The van der Waals surface area contributed by atoms with Gasteiger partial charge in [0.2, 0.25) is 6.20 Å². The second-order valence-corrected chi connectivity index (χ2v) is 18.7. The summed E-state index contributed by atoms with van der Waals surface area (Å²) in [7, 11) is 2.89. The number of aliphatic imine (C=N–C) groups is 1. The van der Waals surface area contributed by atoms with Crippen LogP contribution in [0, 0.1) is 0 Å². The first kappa shape index (κ1) is 60.4. The van der Waals surface area contributed by atoms with E-state index in [2.05, 4.69) is 62.6 Å². The Kier molecular flexibility index (Phi) is 26.1. The Morgan fingerprint density at radius 1 is 0.772 bits per heavy atom. The van der Waals surface area contributed by atoms with E-state index in [1.807, 2.05) is 12.1 Å². The maximum absolute atomic E-state index is 12.9. The number of ether oxygens (including phenoxy) is 5. The Balaban J connectivity index is 0.808. The molecule has 26 nitrogen and oxygen atoms in total. The maximum atomic E-state index is 12.9. The van der Waals surface area contributed by atoms with Crippen LogP contribution in [0.25, 0.3) is 6.20 Å². The number of hydrogen-bond acceptors (Lipinski definition) is 20. The van der Waals surface area contributed by atoms with E-state index in [9.17, 15) is 29.1 Å².